The van der Waals surface area contributed by atoms with Crippen molar-refractivity contribution in [1.82, 2.24) is 5.32 Å². The van der Waals surface area contributed by atoms with Crippen LogP contribution >= 0.6 is 0 Å². The zero-order valence-corrected chi connectivity index (χ0v) is 11.9. The van der Waals surface area contributed by atoms with E-state index in [1.165, 1.54) is 12.8 Å². The molecule has 0 atom stereocenters. The molecule has 1 aromatic rings. The Morgan fingerprint density at radius 1 is 1.15 bits per heavy atom. The Bertz CT molecular complexity index is 468. The first-order chi connectivity index (χ1) is 9.74. The van der Waals surface area contributed by atoms with Gasteiger partial charge in [-0.2, -0.15) is 5.26 Å². The number of hydrogen-bond donors (Lipinski definition) is 1. The molecule has 1 aliphatic rings. The summed E-state index contributed by atoms with van der Waals surface area (Å²) in [6.07, 6.45) is 7.18. The summed E-state index contributed by atoms with van der Waals surface area (Å²) in [6.45, 7) is 0. The van der Waals surface area contributed by atoms with Crippen LogP contribution in [0.1, 0.15) is 50.5 Å². The van der Waals surface area contributed by atoms with Crippen molar-refractivity contribution in [2.45, 2.75) is 56.9 Å². The van der Waals surface area contributed by atoms with Crippen LogP contribution in [0, 0.1) is 11.3 Å². The maximum atomic E-state index is 12.1. The van der Waals surface area contributed by atoms with Crippen LogP contribution in [-0.4, -0.2) is 11.4 Å². The van der Waals surface area contributed by atoms with Crippen LogP contribution in [0.4, 0.5) is 0 Å². The first kappa shape index (κ1) is 14.6. The Labute approximate surface area is 121 Å². The van der Waals surface area contributed by atoms with Crippen molar-refractivity contribution in [3.05, 3.63) is 35.9 Å². The summed E-state index contributed by atoms with van der Waals surface area (Å²) in [7, 11) is 0. The molecule has 0 spiro atoms. The van der Waals surface area contributed by atoms with Crippen molar-refractivity contribution >= 4 is 5.91 Å². The predicted octanol–water partition coefficient (Wildman–Crippen LogP) is 3.35. The molecule has 0 aromatic heterocycles. The van der Waals surface area contributed by atoms with E-state index >= 15 is 0 Å². The highest BCUT2D eigenvalue weighted by molar-refractivity contribution is 5.77. The summed E-state index contributed by atoms with van der Waals surface area (Å²) in [6, 6.07) is 12.3. The van der Waals surface area contributed by atoms with Gasteiger partial charge in [0.15, 0.2) is 0 Å². The van der Waals surface area contributed by atoms with Crippen LogP contribution in [0.2, 0.25) is 0 Å². The Kier molecular flexibility index (Phi) is 5.17. The summed E-state index contributed by atoms with van der Waals surface area (Å²) >= 11 is 0. The van der Waals surface area contributed by atoms with Crippen molar-refractivity contribution in [3.63, 3.8) is 0 Å². The minimum atomic E-state index is -0.621. The highest BCUT2D eigenvalue weighted by atomic mass is 16.1. The monoisotopic (exact) mass is 270 g/mol. The number of nitrogens with zero attached hydrogens (tertiary/aromatic N) is 1. The average Bonchev–Trinajstić information content (AvgIpc) is 2.72. The van der Waals surface area contributed by atoms with Gasteiger partial charge in [0.2, 0.25) is 5.91 Å². The van der Waals surface area contributed by atoms with E-state index in [1.807, 2.05) is 30.3 Å². The Hall–Kier alpha value is -1.82. The lowest BCUT2D eigenvalue weighted by atomic mass is 9.91. The molecule has 1 fully saturated rings. The highest BCUT2D eigenvalue weighted by Gasteiger charge is 2.32. The van der Waals surface area contributed by atoms with Crippen LogP contribution in [0.5, 0.6) is 0 Å². The van der Waals surface area contributed by atoms with Gasteiger partial charge in [0, 0.05) is 6.42 Å². The third kappa shape index (κ3) is 4.09. The largest absolute Gasteiger partial charge is 0.338 e. The van der Waals surface area contributed by atoms with Gasteiger partial charge < -0.3 is 5.32 Å². The van der Waals surface area contributed by atoms with Crippen LogP contribution < -0.4 is 5.32 Å². The molecule has 1 aromatic carbocycles. The molecule has 1 saturated carbocycles. The first-order valence-corrected chi connectivity index (χ1v) is 7.50. The van der Waals surface area contributed by atoms with Gasteiger partial charge in [-0.1, -0.05) is 56.0 Å². The molecule has 1 aliphatic carbocycles. The van der Waals surface area contributed by atoms with Gasteiger partial charge in [-0.3, -0.25) is 4.79 Å². The summed E-state index contributed by atoms with van der Waals surface area (Å²) in [5.74, 6) is -0.00250. The second-order valence-electron chi connectivity index (χ2n) is 5.64. The minimum Gasteiger partial charge on any atom is -0.338 e. The molecular weight excluding hydrogens is 248 g/mol. The normalized spacial score (nSPS) is 17.8. The Balaban J connectivity index is 1.87. The number of hydrogen-bond acceptors (Lipinski definition) is 2. The number of benzene rings is 1. The molecule has 106 valence electrons. The molecule has 2 rings (SSSR count). The lowest BCUT2D eigenvalue weighted by Crippen LogP contribution is -2.47. The zero-order valence-electron chi connectivity index (χ0n) is 11.9. The van der Waals surface area contributed by atoms with Crippen molar-refractivity contribution in [3.8, 4) is 6.07 Å². The number of carbonyl (C=O) groups is 1. The minimum absolute atomic E-state index is 0.00250. The lowest BCUT2D eigenvalue weighted by Gasteiger charge is -2.26. The second kappa shape index (κ2) is 7.09. The van der Waals surface area contributed by atoms with Gasteiger partial charge in [0.25, 0.3) is 0 Å². The maximum absolute atomic E-state index is 12.1. The quantitative estimate of drug-likeness (QED) is 0.853. The molecule has 1 amide bonds. The summed E-state index contributed by atoms with van der Waals surface area (Å²) < 4.78 is 0. The van der Waals surface area contributed by atoms with E-state index in [4.69, 9.17) is 0 Å². The lowest BCUT2D eigenvalue weighted by molar-refractivity contribution is -0.122. The van der Waals surface area contributed by atoms with E-state index in [0.29, 0.717) is 6.42 Å². The SMILES string of the molecule is N#CC1(NC(=O)CCc2ccccc2)CCCCCC1. The third-order valence-electron chi connectivity index (χ3n) is 4.03. The standard InChI is InChI=1S/C17H22N2O/c18-14-17(12-6-1-2-7-13-17)19-16(20)11-10-15-8-4-3-5-9-15/h3-5,8-9H,1-2,6-7,10-13H2,(H,19,20). The van der Waals surface area contributed by atoms with Gasteiger partial charge in [-0.15, -0.1) is 0 Å². The molecule has 3 heteroatoms. The van der Waals surface area contributed by atoms with Crippen molar-refractivity contribution in [1.29, 1.82) is 5.26 Å². The summed E-state index contributed by atoms with van der Waals surface area (Å²) in [5.41, 5.74) is 0.541. The van der Waals surface area contributed by atoms with Crippen molar-refractivity contribution in [2.75, 3.05) is 0 Å². The summed E-state index contributed by atoms with van der Waals surface area (Å²) in [5, 5.41) is 12.4. The number of rotatable bonds is 4. The Morgan fingerprint density at radius 3 is 2.40 bits per heavy atom. The van der Waals surface area contributed by atoms with Crippen LogP contribution in [-0.2, 0) is 11.2 Å². The molecule has 3 nitrogen and oxygen atoms in total. The zero-order chi connectivity index (χ0) is 14.3. The Morgan fingerprint density at radius 2 is 1.80 bits per heavy atom. The van der Waals surface area contributed by atoms with Crippen molar-refractivity contribution in [2.24, 2.45) is 0 Å². The van der Waals surface area contributed by atoms with Gasteiger partial charge in [0.1, 0.15) is 5.54 Å². The second-order valence-corrected chi connectivity index (χ2v) is 5.64. The van der Waals surface area contributed by atoms with E-state index in [1.54, 1.807) is 0 Å². The third-order valence-corrected chi connectivity index (χ3v) is 4.03. The van der Waals surface area contributed by atoms with Gasteiger partial charge in [-0.05, 0) is 24.8 Å². The fourth-order valence-corrected chi connectivity index (χ4v) is 2.83. The maximum Gasteiger partial charge on any atom is 0.221 e. The number of carbonyl (C=O) groups excluding carboxylic acids is 1. The van der Waals surface area contributed by atoms with Gasteiger partial charge >= 0.3 is 0 Å². The fourth-order valence-electron chi connectivity index (χ4n) is 2.83. The molecule has 0 unspecified atom stereocenters. The molecule has 20 heavy (non-hydrogen) atoms. The van der Waals surface area contributed by atoms with Crippen LogP contribution in [0.15, 0.2) is 30.3 Å². The molecule has 0 saturated heterocycles. The first-order valence-electron chi connectivity index (χ1n) is 7.50. The van der Waals surface area contributed by atoms with E-state index in [0.717, 1.165) is 37.7 Å². The predicted molar refractivity (Wildman–Crippen MR) is 79.0 cm³/mol. The number of aryl methyl sites for hydroxylation is 1. The van der Waals surface area contributed by atoms with E-state index in [-0.39, 0.29) is 5.91 Å². The van der Waals surface area contributed by atoms with Gasteiger partial charge in [0.05, 0.1) is 6.07 Å². The van der Waals surface area contributed by atoms with Crippen molar-refractivity contribution < 1.29 is 4.79 Å². The van der Waals surface area contributed by atoms with Crippen LogP contribution in [0.3, 0.4) is 0 Å². The molecule has 0 radical (unpaired) electrons. The molecule has 0 heterocycles. The highest BCUT2D eigenvalue weighted by Crippen LogP contribution is 2.26. The van der Waals surface area contributed by atoms with E-state index < -0.39 is 5.54 Å². The number of amides is 1. The molecule has 1 N–H and O–H groups in total. The smallest absolute Gasteiger partial charge is 0.221 e. The van der Waals surface area contributed by atoms with E-state index in [9.17, 15) is 10.1 Å². The molecule has 0 bridgehead atoms. The van der Waals surface area contributed by atoms with Gasteiger partial charge in [-0.25, -0.2) is 0 Å². The van der Waals surface area contributed by atoms with E-state index in [2.05, 4.69) is 11.4 Å². The number of nitrogens with one attached hydrogen (secondary N) is 1. The number of nitriles is 1. The average molecular weight is 270 g/mol. The molecular formula is C17H22N2O. The fraction of sp³-hybridized carbons (Fsp3) is 0.529. The molecule has 0 aliphatic heterocycles. The summed E-state index contributed by atoms with van der Waals surface area (Å²) in [4.78, 5) is 12.1. The topological polar surface area (TPSA) is 52.9 Å². The van der Waals surface area contributed by atoms with Crippen LogP contribution in [0.25, 0.3) is 0 Å².